The molecule has 0 fully saturated rings. The summed E-state index contributed by atoms with van der Waals surface area (Å²) in [4.78, 5) is 0. The molecule has 3 rings (SSSR count). The van der Waals surface area contributed by atoms with Crippen LogP contribution < -0.4 is 15.2 Å². The van der Waals surface area contributed by atoms with Crippen molar-refractivity contribution < 1.29 is 9.47 Å². The maximum Gasteiger partial charge on any atom is 0.167 e. The predicted molar refractivity (Wildman–Crippen MR) is 74.9 cm³/mol. The van der Waals surface area contributed by atoms with E-state index in [1.54, 1.807) is 14.2 Å². The second-order valence-corrected chi connectivity index (χ2v) is 4.92. The zero-order chi connectivity index (χ0) is 14.1. The van der Waals surface area contributed by atoms with Crippen molar-refractivity contribution in [3.05, 3.63) is 24.0 Å². The molecular formula is C14H18N4O2. The number of rotatable bonds is 3. The Morgan fingerprint density at radius 1 is 1.25 bits per heavy atom. The van der Waals surface area contributed by atoms with E-state index in [1.165, 1.54) is 0 Å². The van der Waals surface area contributed by atoms with Gasteiger partial charge in [-0.15, -0.1) is 10.2 Å². The van der Waals surface area contributed by atoms with Crippen LogP contribution in [-0.2, 0) is 13.0 Å². The molecule has 0 spiro atoms. The number of ether oxygens (including phenoxy) is 2. The van der Waals surface area contributed by atoms with Gasteiger partial charge in [-0.2, -0.15) is 0 Å². The van der Waals surface area contributed by atoms with Crippen molar-refractivity contribution in [2.45, 2.75) is 25.4 Å². The summed E-state index contributed by atoms with van der Waals surface area (Å²) in [6.45, 7) is 0.734. The van der Waals surface area contributed by atoms with E-state index in [1.807, 2.05) is 18.2 Å². The Hall–Kier alpha value is -2.08. The lowest BCUT2D eigenvalue weighted by atomic mass is 10.1. The van der Waals surface area contributed by atoms with E-state index in [0.717, 1.165) is 48.1 Å². The Balaban J connectivity index is 2.11. The van der Waals surface area contributed by atoms with Crippen LogP contribution in [0.5, 0.6) is 11.5 Å². The summed E-state index contributed by atoms with van der Waals surface area (Å²) in [6.07, 6.45) is 1.81. The van der Waals surface area contributed by atoms with Crippen LogP contribution in [0.25, 0.3) is 11.4 Å². The Bertz CT molecular complexity index is 624. The summed E-state index contributed by atoms with van der Waals surface area (Å²) in [7, 11) is 3.28. The van der Waals surface area contributed by atoms with Crippen molar-refractivity contribution in [3.63, 3.8) is 0 Å². The monoisotopic (exact) mass is 274 g/mol. The van der Waals surface area contributed by atoms with Gasteiger partial charge >= 0.3 is 0 Å². The molecule has 0 saturated heterocycles. The average molecular weight is 274 g/mol. The summed E-state index contributed by atoms with van der Waals surface area (Å²) in [5, 5.41) is 8.57. The van der Waals surface area contributed by atoms with Crippen molar-refractivity contribution in [1.29, 1.82) is 0 Å². The number of benzene rings is 1. The molecule has 1 unspecified atom stereocenters. The number of aryl methyl sites for hydroxylation is 1. The Kier molecular flexibility index (Phi) is 3.31. The van der Waals surface area contributed by atoms with Crippen LogP contribution in [0.1, 0.15) is 12.2 Å². The summed E-state index contributed by atoms with van der Waals surface area (Å²) in [5.41, 5.74) is 6.92. The molecule has 0 bridgehead atoms. The average Bonchev–Trinajstić information content (AvgIpc) is 2.89. The van der Waals surface area contributed by atoms with Gasteiger partial charge in [-0.05, 0) is 24.6 Å². The van der Waals surface area contributed by atoms with Gasteiger partial charge in [0.1, 0.15) is 17.3 Å². The van der Waals surface area contributed by atoms with E-state index in [-0.39, 0.29) is 6.04 Å². The van der Waals surface area contributed by atoms with Gasteiger partial charge in [0, 0.05) is 19.0 Å². The predicted octanol–water partition coefficient (Wildman–Crippen LogP) is 1.24. The molecule has 1 aromatic heterocycles. The normalized spacial score (nSPS) is 17.6. The highest BCUT2D eigenvalue weighted by Crippen LogP contribution is 2.33. The Morgan fingerprint density at radius 3 is 2.85 bits per heavy atom. The summed E-state index contributed by atoms with van der Waals surface area (Å²) in [5.74, 6) is 3.27. The van der Waals surface area contributed by atoms with Crippen LogP contribution >= 0.6 is 0 Å². The molecule has 0 aliphatic carbocycles. The van der Waals surface area contributed by atoms with Crippen molar-refractivity contribution in [2.75, 3.05) is 14.2 Å². The molecule has 2 heterocycles. The maximum atomic E-state index is 6.05. The lowest BCUT2D eigenvalue weighted by Gasteiger charge is -2.21. The molecule has 6 heteroatoms. The highest BCUT2D eigenvalue weighted by atomic mass is 16.5. The molecule has 106 valence electrons. The molecule has 20 heavy (non-hydrogen) atoms. The SMILES string of the molecule is COc1ccc(OC)c(-c2nnc3n2CC(N)CC3)c1. The van der Waals surface area contributed by atoms with Crippen LogP contribution in [-0.4, -0.2) is 35.0 Å². The zero-order valence-electron chi connectivity index (χ0n) is 11.7. The highest BCUT2D eigenvalue weighted by Gasteiger charge is 2.23. The van der Waals surface area contributed by atoms with Crippen LogP contribution in [0.2, 0.25) is 0 Å². The van der Waals surface area contributed by atoms with Crippen molar-refractivity contribution in [2.24, 2.45) is 5.73 Å². The molecule has 0 radical (unpaired) electrons. The lowest BCUT2D eigenvalue weighted by Crippen LogP contribution is -2.32. The first kappa shape index (κ1) is 12.9. The van der Waals surface area contributed by atoms with E-state index in [0.29, 0.717) is 0 Å². The second-order valence-electron chi connectivity index (χ2n) is 4.92. The number of fused-ring (bicyclic) bond motifs is 1. The minimum atomic E-state index is 0.147. The fourth-order valence-electron chi connectivity index (χ4n) is 2.54. The summed E-state index contributed by atoms with van der Waals surface area (Å²) >= 11 is 0. The second kappa shape index (κ2) is 5.13. The van der Waals surface area contributed by atoms with E-state index >= 15 is 0 Å². The van der Waals surface area contributed by atoms with Crippen molar-refractivity contribution >= 4 is 0 Å². The van der Waals surface area contributed by atoms with Gasteiger partial charge in [0.05, 0.1) is 19.8 Å². The van der Waals surface area contributed by atoms with Gasteiger partial charge < -0.3 is 19.8 Å². The smallest absolute Gasteiger partial charge is 0.167 e. The molecule has 6 nitrogen and oxygen atoms in total. The first-order valence-corrected chi connectivity index (χ1v) is 6.63. The molecule has 0 saturated carbocycles. The van der Waals surface area contributed by atoms with Gasteiger partial charge in [-0.25, -0.2) is 0 Å². The zero-order valence-corrected chi connectivity index (χ0v) is 11.7. The number of hydrogen-bond acceptors (Lipinski definition) is 5. The van der Waals surface area contributed by atoms with Crippen LogP contribution in [0, 0.1) is 0 Å². The number of hydrogen-bond donors (Lipinski definition) is 1. The van der Waals surface area contributed by atoms with Crippen LogP contribution in [0.4, 0.5) is 0 Å². The first-order chi connectivity index (χ1) is 9.72. The number of methoxy groups -OCH3 is 2. The highest BCUT2D eigenvalue weighted by molar-refractivity contribution is 5.66. The van der Waals surface area contributed by atoms with Gasteiger partial charge in [0.2, 0.25) is 0 Å². The minimum Gasteiger partial charge on any atom is -0.497 e. The molecule has 1 aromatic carbocycles. The number of nitrogens with zero attached hydrogens (tertiary/aromatic N) is 3. The number of aromatic nitrogens is 3. The molecule has 1 aliphatic rings. The molecule has 1 aliphatic heterocycles. The van der Waals surface area contributed by atoms with E-state index in [9.17, 15) is 0 Å². The fourth-order valence-corrected chi connectivity index (χ4v) is 2.54. The van der Waals surface area contributed by atoms with E-state index in [2.05, 4.69) is 14.8 Å². The summed E-state index contributed by atoms with van der Waals surface area (Å²) in [6, 6.07) is 5.80. The topological polar surface area (TPSA) is 75.2 Å². The van der Waals surface area contributed by atoms with Crippen LogP contribution in [0.15, 0.2) is 18.2 Å². The molecule has 2 N–H and O–H groups in total. The van der Waals surface area contributed by atoms with Gasteiger partial charge in [-0.1, -0.05) is 0 Å². The summed E-state index contributed by atoms with van der Waals surface area (Å²) < 4.78 is 12.8. The molecular weight excluding hydrogens is 256 g/mol. The minimum absolute atomic E-state index is 0.147. The molecule has 0 amide bonds. The number of nitrogens with two attached hydrogens (primary N) is 1. The van der Waals surface area contributed by atoms with E-state index < -0.39 is 0 Å². The quantitative estimate of drug-likeness (QED) is 0.911. The maximum absolute atomic E-state index is 6.05. The van der Waals surface area contributed by atoms with Gasteiger partial charge in [0.15, 0.2) is 5.82 Å². The largest absolute Gasteiger partial charge is 0.497 e. The standard InChI is InChI=1S/C14H18N4O2/c1-19-10-4-5-12(20-2)11(7-10)14-17-16-13-6-3-9(15)8-18(13)14/h4-5,7,9H,3,6,8,15H2,1-2H3. The van der Waals surface area contributed by atoms with Crippen molar-refractivity contribution in [1.82, 2.24) is 14.8 Å². The third-order valence-electron chi connectivity index (χ3n) is 3.63. The van der Waals surface area contributed by atoms with E-state index in [4.69, 9.17) is 15.2 Å². The first-order valence-electron chi connectivity index (χ1n) is 6.63. The third kappa shape index (κ3) is 2.12. The van der Waals surface area contributed by atoms with Crippen molar-refractivity contribution in [3.8, 4) is 22.9 Å². The third-order valence-corrected chi connectivity index (χ3v) is 3.63. The molecule has 2 aromatic rings. The van der Waals surface area contributed by atoms with Gasteiger partial charge in [-0.3, -0.25) is 0 Å². The fraction of sp³-hybridized carbons (Fsp3) is 0.429. The van der Waals surface area contributed by atoms with Crippen LogP contribution in [0.3, 0.4) is 0 Å². The lowest BCUT2D eigenvalue weighted by molar-refractivity contribution is 0.403. The Morgan fingerprint density at radius 2 is 2.10 bits per heavy atom. The Labute approximate surface area is 117 Å². The molecule has 1 atom stereocenters. The van der Waals surface area contributed by atoms with Gasteiger partial charge in [0.25, 0.3) is 0 Å².